The topological polar surface area (TPSA) is 184 Å². The van der Waals surface area contributed by atoms with Gasteiger partial charge in [-0.05, 0) is 97.8 Å². The van der Waals surface area contributed by atoms with Gasteiger partial charge in [-0.2, -0.15) is 65.9 Å². The van der Waals surface area contributed by atoms with E-state index in [1.54, 1.807) is 86.6 Å². The summed E-state index contributed by atoms with van der Waals surface area (Å²) in [5.74, 6) is -3.49. The smallest absolute Gasteiger partial charge is 0.458 e. The molecule has 0 aliphatic heterocycles. The van der Waals surface area contributed by atoms with E-state index in [-0.39, 0.29) is 29.7 Å². The number of rotatable bonds is 10. The zero-order chi connectivity index (χ0) is 58.3. The Morgan fingerprint density at radius 2 is 0.962 bits per heavy atom. The molecule has 0 bridgehead atoms. The molecule has 0 saturated heterocycles. The molecule has 0 aliphatic rings. The molecule has 428 valence electrons. The van der Waals surface area contributed by atoms with Gasteiger partial charge in [0.25, 0.3) is 0 Å². The first-order chi connectivity index (χ1) is 36.4. The van der Waals surface area contributed by atoms with Gasteiger partial charge in [0.2, 0.25) is 12.1 Å². The van der Waals surface area contributed by atoms with Crippen LogP contribution in [0.3, 0.4) is 0 Å². The summed E-state index contributed by atoms with van der Waals surface area (Å²) in [5.41, 5.74) is 5.50. The Morgan fingerprint density at radius 3 is 1.34 bits per heavy atom. The van der Waals surface area contributed by atoms with Crippen molar-refractivity contribution in [1.82, 2.24) is 0 Å². The number of aliphatic hydroxyl groups excluding tert-OH is 1. The largest absolute Gasteiger partial charge is 0.467 e. The summed E-state index contributed by atoms with van der Waals surface area (Å²) in [5, 5.41) is 8.53. The first-order valence-electron chi connectivity index (χ1n) is 21.7. The van der Waals surface area contributed by atoms with Crippen LogP contribution < -0.4 is 5.73 Å². The van der Waals surface area contributed by atoms with Crippen LogP contribution in [-0.4, -0.2) is 59.5 Å². The van der Waals surface area contributed by atoms with E-state index in [9.17, 15) is 75.4 Å². The van der Waals surface area contributed by atoms with Gasteiger partial charge in [-0.3, -0.25) is 19.6 Å². The normalized spacial score (nSPS) is 13.5. The van der Waals surface area contributed by atoms with Crippen LogP contribution in [0.2, 0.25) is 0 Å². The Morgan fingerprint density at radius 1 is 0.519 bits per heavy atom. The molecule has 0 fully saturated rings. The van der Waals surface area contributed by atoms with Crippen molar-refractivity contribution in [3.05, 3.63) is 217 Å². The summed E-state index contributed by atoms with van der Waals surface area (Å²) in [6.07, 6.45) is -17.7. The minimum atomic E-state index is -4.85. The number of hydrogen-bond acceptors (Lipinski definition) is 12. The molecule has 0 amide bonds. The van der Waals surface area contributed by atoms with E-state index in [0.29, 0.717) is 23.3 Å². The molecular weight excluding hydrogens is 1120 g/mol. The lowest BCUT2D eigenvalue weighted by molar-refractivity contribution is -0.211. The van der Waals surface area contributed by atoms with E-state index >= 15 is 0 Å². The lowest BCUT2D eigenvalue weighted by Crippen LogP contribution is -2.27. The highest BCUT2D eigenvalue weighted by Crippen LogP contribution is 2.37. The van der Waals surface area contributed by atoms with E-state index in [4.69, 9.17) is 19.7 Å². The summed E-state index contributed by atoms with van der Waals surface area (Å²) < 4.78 is 211. The Hall–Kier alpha value is -8.04. The Balaban J connectivity index is 0.000000333. The number of aliphatic imine (C=N–C) groups is 2. The predicted molar refractivity (Wildman–Crippen MR) is 254 cm³/mol. The zero-order valence-electron chi connectivity index (χ0n) is 40.3. The lowest BCUT2D eigenvalue weighted by atomic mass is 10.1. The minimum Gasteiger partial charge on any atom is -0.467 e. The van der Waals surface area contributed by atoms with Crippen LogP contribution >= 0.6 is 12.4 Å². The number of alkyl halides is 15. The number of aldehydes is 1. The molecule has 1 unspecified atom stereocenters. The molecule has 12 nitrogen and oxygen atoms in total. The second kappa shape index (κ2) is 30.8. The third-order valence-corrected chi connectivity index (χ3v) is 9.25. The molecule has 6 heterocycles. The van der Waals surface area contributed by atoms with Crippen LogP contribution in [0.1, 0.15) is 93.4 Å². The number of aliphatic hydroxyl groups is 1. The summed E-state index contributed by atoms with van der Waals surface area (Å²) in [4.78, 5) is 27.6. The number of carbonyl (C=O) groups is 2. The standard InChI is InChI=1S/2C14H12F3NO.C6H6F3NO.C6H5F3O2.C6H3F3O2.C5H4O2.ClH/c2*1-10(11-6-3-2-4-7-11)18-13(14(15,16)17)12-8-5-9-19-12;3*7-6(8,9)5(10)4-2-1-3-11-4;6-4-5-2-1-3-7-5;/h2-9,13H,1H3;2-10H,1H3;1-3,5H,10H2;1-3,5,10H;1-3H;1-4H;1H/t13-;10-;5-;;;;/m010..../s1. The fraction of sp³-hybridized carbons (Fsp3) is 0.216. The van der Waals surface area contributed by atoms with E-state index in [1.807, 2.05) is 0 Å². The van der Waals surface area contributed by atoms with Gasteiger partial charge in [0.05, 0.1) is 43.6 Å². The number of nitrogens with two attached hydrogens (primary N) is 1. The fourth-order valence-electron chi connectivity index (χ4n) is 5.53. The van der Waals surface area contributed by atoms with Crippen molar-refractivity contribution in [2.75, 3.05) is 0 Å². The van der Waals surface area contributed by atoms with Gasteiger partial charge in [0.1, 0.15) is 17.3 Å². The van der Waals surface area contributed by atoms with E-state index < -0.39 is 78.1 Å². The molecule has 79 heavy (non-hydrogen) atoms. The molecule has 3 N–H and O–H groups in total. The van der Waals surface area contributed by atoms with E-state index in [1.165, 1.54) is 67.3 Å². The molecule has 8 rings (SSSR count). The number of ketones is 1. The minimum absolute atomic E-state index is 0. The molecule has 0 spiro atoms. The van der Waals surface area contributed by atoms with Gasteiger partial charge in [-0.15, -0.1) is 12.4 Å². The third kappa shape index (κ3) is 23.2. The van der Waals surface area contributed by atoms with Crippen molar-refractivity contribution in [2.45, 2.75) is 69.0 Å². The number of nitrogens with zero attached hydrogens (tertiary/aromatic N) is 2. The second-order valence-electron chi connectivity index (χ2n) is 15.0. The number of hydrogen-bond donors (Lipinski definition) is 2. The lowest BCUT2D eigenvalue weighted by Gasteiger charge is -2.15. The van der Waals surface area contributed by atoms with E-state index in [0.717, 1.165) is 36.5 Å². The molecule has 0 aliphatic carbocycles. The molecular formula is C51H43ClF15N3O9. The predicted octanol–water partition coefficient (Wildman–Crippen LogP) is 16.0. The zero-order valence-corrected chi connectivity index (χ0v) is 41.1. The van der Waals surface area contributed by atoms with Gasteiger partial charge in [-0.25, -0.2) is 0 Å². The van der Waals surface area contributed by atoms with Gasteiger partial charge >= 0.3 is 36.7 Å². The van der Waals surface area contributed by atoms with Crippen molar-refractivity contribution in [1.29, 1.82) is 0 Å². The summed E-state index contributed by atoms with van der Waals surface area (Å²) in [6.45, 7) is 3.17. The van der Waals surface area contributed by atoms with Gasteiger partial charge < -0.3 is 37.3 Å². The monoisotopic (exact) mass is 1160 g/mol. The second-order valence-corrected chi connectivity index (χ2v) is 15.0. The number of carbonyl (C=O) groups excluding carboxylic acids is 2. The Kier molecular flexibility index (Phi) is 26.1. The summed E-state index contributed by atoms with van der Waals surface area (Å²) in [7, 11) is 0. The van der Waals surface area contributed by atoms with Crippen molar-refractivity contribution in [3.8, 4) is 0 Å². The average Bonchev–Trinajstić information content (AvgIpc) is 4.25. The Labute approximate surface area is 443 Å². The van der Waals surface area contributed by atoms with E-state index in [2.05, 4.69) is 27.7 Å². The highest BCUT2D eigenvalue weighted by molar-refractivity contribution is 6.02. The molecule has 28 heteroatoms. The molecule has 4 atom stereocenters. The third-order valence-electron chi connectivity index (χ3n) is 9.25. The van der Waals surface area contributed by atoms with Crippen LogP contribution in [0.25, 0.3) is 0 Å². The summed E-state index contributed by atoms with van der Waals surface area (Å²) in [6, 6.07) is 28.7. The fourth-order valence-corrected chi connectivity index (χ4v) is 5.53. The van der Waals surface area contributed by atoms with Crippen molar-refractivity contribution >= 4 is 35.9 Å². The maximum Gasteiger partial charge on any atom is 0.458 e. The first-order valence-corrected chi connectivity index (χ1v) is 21.7. The van der Waals surface area contributed by atoms with Crippen LogP contribution in [-0.2, 0) is 0 Å². The van der Waals surface area contributed by atoms with Crippen LogP contribution in [0, 0.1) is 0 Å². The first kappa shape index (κ1) is 67.1. The SMILES string of the molecule is CC(=N[C@@H](c1ccco1)C(F)(F)F)c1ccccc1.C[C@@H](N=C(c1ccco1)C(F)(F)F)c1ccccc1.Cl.N[C@@H](c1ccco1)C(F)(F)F.O=C(c1ccco1)C(F)(F)F.O=Cc1ccco1.OC(c1ccco1)C(F)(F)F. The van der Waals surface area contributed by atoms with Gasteiger partial charge in [0.15, 0.2) is 35.3 Å². The number of benzene rings is 2. The molecule has 0 radical (unpaired) electrons. The molecule has 0 saturated carbocycles. The van der Waals surface area contributed by atoms with Crippen molar-refractivity contribution < 1.29 is 107 Å². The van der Waals surface area contributed by atoms with Crippen molar-refractivity contribution in [2.24, 2.45) is 15.7 Å². The quantitative estimate of drug-likeness (QED) is 0.0578. The average molecular weight is 1160 g/mol. The highest BCUT2D eigenvalue weighted by Gasteiger charge is 2.44. The number of Topliss-reactive ketones (excluding diaryl/α,β-unsaturated/α-hetero) is 1. The maximum absolute atomic E-state index is 13.0. The number of furan rings is 6. The van der Waals surface area contributed by atoms with Crippen LogP contribution in [0.15, 0.2) is 208 Å². The summed E-state index contributed by atoms with van der Waals surface area (Å²) >= 11 is 0. The van der Waals surface area contributed by atoms with Crippen molar-refractivity contribution in [3.63, 3.8) is 0 Å². The number of halogens is 16. The molecule has 8 aromatic rings. The van der Waals surface area contributed by atoms with Gasteiger partial charge in [-0.1, -0.05) is 60.7 Å². The maximum atomic E-state index is 13.0. The molecule has 6 aromatic heterocycles. The Bertz CT molecular complexity index is 2870. The van der Waals surface area contributed by atoms with Crippen LogP contribution in [0.5, 0.6) is 0 Å². The van der Waals surface area contributed by atoms with Gasteiger partial charge in [0, 0.05) is 5.71 Å². The molecule has 2 aromatic carbocycles. The highest BCUT2D eigenvalue weighted by atomic mass is 35.5. The van der Waals surface area contributed by atoms with Crippen LogP contribution in [0.4, 0.5) is 65.9 Å².